The number of β-amino-alcohol motifs (C(OH)–C–C–N with tert-alkyl or cyclic N) is 1. The van der Waals surface area contributed by atoms with E-state index in [4.69, 9.17) is 18.8 Å². The first-order chi connectivity index (χ1) is 27.1. The number of piperazine rings is 1. The summed E-state index contributed by atoms with van der Waals surface area (Å²) in [7, 11) is 0. The number of fused-ring (bicyclic) bond motifs is 2. The van der Waals surface area contributed by atoms with Crippen molar-refractivity contribution in [1.82, 2.24) is 35.1 Å². The van der Waals surface area contributed by atoms with Crippen molar-refractivity contribution in [3.8, 4) is 11.5 Å². The topological polar surface area (TPSA) is 203 Å². The van der Waals surface area contributed by atoms with Crippen molar-refractivity contribution < 1.29 is 33.1 Å². The molecule has 4 aliphatic heterocycles. The maximum absolute atomic E-state index is 13.5. The van der Waals surface area contributed by atoms with Crippen molar-refractivity contribution in [1.29, 1.82) is 0 Å². The van der Waals surface area contributed by atoms with E-state index in [0.29, 0.717) is 102 Å². The molecule has 4 amide bonds. The lowest BCUT2D eigenvalue weighted by Crippen LogP contribution is -2.52. The summed E-state index contributed by atoms with van der Waals surface area (Å²) in [4.78, 5) is 76.9. The van der Waals surface area contributed by atoms with E-state index in [2.05, 4.69) is 46.3 Å². The molecule has 3 fully saturated rings. The second-order valence-electron chi connectivity index (χ2n) is 14.5. The van der Waals surface area contributed by atoms with Gasteiger partial charge >= 0.3 is 0 Å². The van der Waals surface area contributed by atoms with Crippen molar-refractivity contribution in [3.05, 3.63) is 75.3 Å². The quantitative estimate of drug-likeness (QED) is 0.193. The van der Waals surface area contributed by atoms with E-state index in [9.17, 15) is 24.3 Å². The number of nitrogens with zero attached hydrogens (tertiary/aromatic N) is 8. The molecular weight excluding hydrogens is 788 g/mol. The van der Waals surface area contributed by atoms with Gasteiger partial charge in [0.1, 0.15) is 12.3 Å². The van der Waals surface area contributed by atoms with Crippen molar-refractivity contribution in [2.75, 3.05) is 54.4 Å². The number of rotatable bonds is 8. The Labute approximate surface area is 328 Å². The Balaban J connectivity index is 0.883. The monoisotopic (exact) mass is 824 g/mol. The van der Waals surface area contributed by atoms with Crippen molar-refractivity contribution >= 4 is 68.3 Å². The predicted molar refractivity (Wildman–Crippen MR) is 205 cm³/mol. The highest BCUT2D eigenvalue weighted by molar-refractivity contribution is 9.10. The highest BCUT2D eigenvalue weighted by Gasteiger charge is 2.40. The molecule has 4 aliphatic rings. The van der Waals surface area contributed by atoms with E-state index in [1.165, 1.54) is 6.26 Å². The fourth-order valence-electron chi connectivity index (χ4n) is 7.79. The lowest BCUT2D eigenvalue weighted by molar-refractivity contribution is -0.136. The van der Waals surface area contributed by atoms with E-state index in [-0.39, 0.29) is 23.9 Å². The van der Waals surface area contributed by atoms with Gasteiger partial charge in [-0.2, -0.15) is 4.98 Å². The number of nitrogens with one attached hydrogen (secondary N) is 2. The molecule has 18 heteroatoms. The molecule has 2 atom stereocenters. The van der Waals surface area contributed by atoms with Gasteiger partial charge < -0.3 is 34.0 Å². The maximum Gasteiger partial charge on any atom is 0.300 e. The first-order valence-corrected chi connectivity index (χ1v) is 19.2. The summed E-state index contributed by atoms with van der Waals surface area (Å²) in [5.74, 6) is -0.673. The number of benzene rings is 1. The van der Waals surface area contributed by atoms with Crippen LogP contribution in [0.5, 0.6) is 0 Å². The van der Waals surface area contributed by atoms with Crippen molar-refractivity contribution in [2.45, 2.75) is 51.4 Å². The van der Waals surface area contributed by atoms with Crippen LogP contribution in [-0.2, 0) is 22.7 Å². The molecule has 0 spiro atoms. The van der Waals surface area contributed by atoms with Gasteiger partial charge in [-0.25, -0.2) is 9.97 Å². The molecule has 4 aromatic heterocycles. The highest BCUT2D eigenvalue weighted by Crippen LogP contribution is 2.35. The third-order valence-electron chi connectivity index (χ3n) is 10.6. The largest absolute Gasteiger partial charge is 0.444 e. The van der Waals surface area contributed by atoms with E-state index >= 15 is 0 Å². The lowest BCUT2D eigenvalue weighted by Gasteiger charge is -2.33. The number of amides is 4. The zero-order valence-corrected chi connectivity index (χ0v) is 31.9. The SMILES string of the molecule is Cc1cc(-c2nc(C(=O)Nc3cc4oc(N5CCN(Cc6cc(Br)c7c(c6)CN(C6CCC(=O)NC6=O)C7=O)CC5)nc4nc3N3CCC(O)C3)co2)ccn1. The van der Waals surface area contributed by atoms with Crippen LogP contribution in [0.3, 0.4) is 0 Å². The summed E-state index contributed by atoms with van der Waals surface area (Å²) in [5.41, 5.74) is 5.23. The fraction of sp³-hybridized carbons (Fsp3) is 0.368. The average molecular weight is 826 g/mol. The van der Waals surface area contributed by atoms with Crippen molar-refractivity contribution in [2.24, 2.45) is 0 Å². The van der Waals surface area contributed by atoms with Crippen LogP contribution in [0.15, 0.2) is 56.1 Å². The Hall–Kier alpha value is -5.72. The van der Waals surface area contributed by atoms with Gasteiger partial charge in [-0.3, -0.25) is 34.4 Å². The number of carbonyl (C=O) groups is 4. The first-order valence-electron chi connectivity index (χ1n) is 18.4. The summed E-state index contributed by atoms with van der Waals surface area (Å²) >= 11 is 3.60. The fourth-order valence-corrected chi connectivity index (χ4v) is 8.51. The van der Waals surface area contributed by atoms with Crippen LogP contribution in [0.1, 0.15) is 56.9 Å². The second-order valence-corrected chi connectivity index (χ2v) is 15.4. The van der Waals surface area contributed by atoms with E-state index in [1.54, 1.807) is 23.2 Å². The lowest BCUT2D eigenvalue weighted by atomic mass is 10.0. The third-order valence-corrected chi connectivity index (χ3v) is 11.3. The number of hydrogen-bond donors (Lipinski definition) is 3. The average Bonchev–Trinajstić information content (AvgIpc) is 3.98. The van der Waals surface area contributed by atoms with Gasteiger partial charge in [0, 0.05) is 86.8 Å². The van der Waals surface area contributed by atoms with Gasteiger partial charge in [0.05, 0.1) is 17.4 Å². The van der Waals surface area contributed by atoms with Crippen LogP contribution < -0.4 is 20.4 Å². The Morgan fingerprint density at radius 1 is 1.04 bits per heavy atom. The van der Waals surface area contributed by atoms with Gasteiger partial charge in [-0.15, -0.1) is 0 Å². The highest BCUT2D eigenvalue weighted by atomic mass is 79.9. The number of carbonyl (C=O) groups excluding carboxylic acids is 4. The van der Waals surface area contributed by atoms with E-state index in [1.807, 2.05) is 30.0 Å². The van der Waals surface area contributed by atoms with Gasteiger partial charge in [0.15, 0.2) is 17.1 Å². The number of oxazole rings is 2. The minimum Gasteiger partial charge on any atom is -0.444 e. The zero-order valence-electron chi connectivity index (χ0n) is 30.3. The van der Waals surface area contributed by atoms with Crippen molar-refractivity contribution in [3.63, 3.8) is 0 Å². The van der Waals surface area contributed by atoms with Gasteiger partial charge in [-0.05, 0) is 65.0 Å². The summed E-state index contributed by atoms with van der Waals surface area (Å²) < 4.78 is 12.5. The molecule has 8 heterocycles. The predicted octanol–water partition coefficient (Wildman–Crippen LogP) is 3.25. The smallest absolute Gasteiger partial charge is 0.300 e. The number of halogens is 1. The van der Waals surface area contributed by atoms with E-state index < -0.39 is 24.0 Å². The Kier molecular flexibility index (Phi) is 9.25. The number of anilines is 3. The summed E-state index contributed by atoms with van der Waals surface area (Å²) in [6.45, 7) is 6.47. The molecule has 1 aromatic carbocycles. The van der Waals surface area contributed by atoms with Crippen LogP contribution in [0.2, 0.25) is 0 Å². The van der Waals surface area contributed by atoms with Crippen LogP contribution in [0.4, 0.5) is 17.5 Å². The molecule has 9 rings (SSSR count). The number of aromatic nitrogens is 4. The molecule has 56 heavy (non-hydrogen) atoms. The molecular formula is C38H37BrN10O7. The molecule has 3 N–H and O–H groups in total. The first kappa shape index (κ1) is 35.9. The number of pyridine rings is 2. The standard InChI is InChI=1S/C38H37BrN10O7/c1-20-12-22(4-6-40-20)36-42-27(19-55-36)34(52)41-26-15-29-32(44-33(26)48-7-5-24(50)18-48)45-38(56-29)47-10-8-46(9-11-47)16-21-13-23-17-49(37(54)31(23)25(39)14-21)28-2-3-30(51)43-35(28)53/h4,6,12-15,19,24,28,50H,2-3,5,7-11,16-18H2,1H3,(H,41,52)(H,43,51,53). The number of aliphatic hydroxyl groups is 1. The second kappa shape index (κ2) is 14.4. The molecule has 5 aromatic rings. The molecule has 0 aliphatic carbocycles. The van der Waals surface area contributed by atoms with Gasteiger partial charge in [-0.1, -0.05) is 6.07 Å². The van der Waals surface area contributed by atoms with Gasteiger partial charge in [0.25, 0.3) is 17.8 Å². The van der Waals surface area contributed by atoms with Gasteiger partial charge in [0.2, 0.25) is 23.4 Å². The molecule has 3 saturated heterocycles. The number of aliphatic hydroxyl groups excluding tert-OH is 1. The third kappa shape index (κ3) is 6.88. The maximum atomic E-state index is 13.5. The minimum atomic E-state index is -0.668. The Morgan fingerprint density at radius 2 is 1.88 bits per heavy atom. The number of imide groups is 1. The summed E-state index contributed by atoms with van der Waals surface area (Å²) in [5, 5.41) is 15.6. The Morgan fingerprint density at radius 3 is 2.64 bits per heavy atom. The summed E-state index contributed by atoms with van der Waals surface area (Å²) in [6, 6.07) is 9.03. The zero-order chi connectivity index (χ0) is 38.7. The van der Waals surface area contributed by atoms with Crippen LogP contribution in [0.25, 0.3) is 22.7 Å². The molecule has 0 saturated carbocycles. The number of piperidine rings is 1. The number of hydrogen-bond acceptors (Lipinski definition) is 14. The van der Waals surface area contributed by atoms with Crippen LogP contribution in [-0.4, -0.2) is 110 Å². The Bertz CT molecular complexity index is 2410. The molecule has 0 bridgehead atoms. The molecule has 17 nitrogen and oxygen atoms in total. The molecule has 288 valence electrons. The normalized spacial score (nSPS) is 20.3. The minimum absolute atomic E-state index is 0.0908. The van der Waals surface area contributed by atoms with E-state index in [0.717, 1.165) is 29.9 Å². The summed E-state index contributed by atoms with van der Waals surface area (Å²) in [6.07, 6.45) is 3.53. The number of aryl methyl sites for hydroxylation is 1. The van der Waals surface area contributed by atoms with Crippen LogP contribution in [0, 0.1) is 6.92 Å². The van der Waals surface area contributed by atoms with Crippen LogP contribution >= 0.6 is 15.9 Å². The molecule has 0 radical (unpaired) electrons. The molecule has 2 unspecified atom stereocenters.